The molecule has 4 nitrogen and oxygen atoms in total. The molecule has 0 spiro atoms. The fourth-order valence-electron chi connectivity index (χ4n) is 2.55. The summed E-state index contributed by atoms with van der Waals surface area (Å²) in [6, 6.07) is 11.8. The van der Waals surface area contributed by atoms with Crippen molar-refractivity contribution in [2.75, 3.05) is 0 Å². The maximum atomic E-state index is 12.3. The molecule has 1 amide bonds. The van der Waals surface area contributed by atoms with E-state index < -0.39 is 30.5 Å². The molecule has 2 aromatic carbocycles. The molecule has 2 N–H and O–H groups in total. The van der Waals surface area contributed by atoms with Crippen LogP contribution in [0.3, 0.4) is 0 Å². The Kier molecular flexibility index (Phi) is 6.01. The predicted octanol–water partition coefficient (Wildman–Crippen LogP) is 3.68. The third-order valence-electron chi connectivity index (χ3n) is 3.75. The van der Waals surface area contributed by atoms with Gasteiger partial charge in [-0.25, -0.2) is 4.79 Å². The third kappa shape index (κ3) is 6.10. The molecule has 0 aliphatic carbocycles. The fraction of sp³-hybridized carbons (Fsp3) is 0.333. The first kappa shape index (κ1) is 18.8. The van der Waals surface area contributed by atoms with Gasteiger partial charge in [-0.2, -0.15) is 13.2 Å². The monoisotopic (exact) mass is 353 g/mol. The Morgan fingerprint density at radius 1 is 1.08 bits per heavy atom. The largest absolute Gasteiger partial charge is 0.480 e. The Labute approximate surface area is 142 Å². The number of halogens is 3. The molecule has 0 aromatic heterocycles. The van der Waals surface area contributed by atoms with E-state index in [9.17, 15) is 22.8 Å². The molecule has 0 bridgehead atoms. The standard InChI is InChI=1S/C18H18F3NO3/c19-18(20,21)11-15(17(24)25)22-16(23)7-3-4-12-8-9-13-5-1-2-6-14(13)10-12/h1-2,5-6,8-10,15H,3-4,7,11H2,(H,22,23)(H,24,25). The molecule has 2 rings (SSSR count). The van der Waals surface area contributed by atoms with E-state index in [1.807, 2.05) is 47.8 Å². The highest BCUT2D eigenvalue weighted by atomic mass is 19.4. The summed E-state index contributed by atoms with van der Waals surface area (Å²) in [5.41, 5.74) is 1.01. The lowest BCUT2D eigenvalue weighted by molar-refractivity contribution is -0.160. The van der Waals surface area contributed by atoms with Crippen LogP contribution in [0.15, 0.2) is 42.5 Å². The molecule has 0 aliphatic rings. The number of aryl methyl sites for hydroxylation is 1. The summed E-state index contributed by atoms with van der Waals surface area (Å²) in [7, 11) is 0. The minimum Gasteiger partial charge on any atom is -0.480 e. The molecular formula is C18H18F3NO3. The first-order valence-electron chi connectivity index (χ1n) is 7.81. The van der Waals surface area contributed by atoms with Crippen LogP contribution in [0.25, 0.3) is 10.8 Å². The molecule has 0 aliphatic heterocycles. The van der Waals surface area contributed by atoms with E-state index in [1.54, 1.807) is 0 Å². The Balaban J connectivity index is 1.85. The second-order valence-corrected chi connectivity index (χ2v) is 5.81. The van der Waals surface area contributed by atoms with Crippen molar-refractivity contribution >= 4 is 22.6 Å². The van der Waals surface area contributed by atoms with Gasteiger partial charge in [-0.3, -0.25) is 4.79 Å². The van der Waals surface area contributed by atoms with E-state index in [4.69, 9.17) is 5.11 Å². The lowest BCUT2D eigenvalue weighted by atomic mass is 10.0. The topological polar surface area (TPSA) is 66.4 Å². The van der Waals surface area contributed by atoms with Gasteiger partial charge in [0.1, 0.15) is 6.04 Å². The van der Waals surface area contributed by atoms with E-state index in [0.717, 1.165) is 16.3 Å². The summed E-state index contributed by atoms with van der Waals surface area (Å²) in [6.07, 6.45) is -5.27. The maximum absolute atomic E-state index is 12.3. The number of nitrogens with one attached hydrogen (secondary N) is 1. The molecule has 25 heavy (non-hydrogen) atoms. The molecule has 0 saturated heterocycles. The van der Waals surface area contributed by atoms with E-state index in [0.29, 0.717) is 12.8 Å². The van der Waals surface area contributed by atoms with Crippen molar-refractivity contribution in [3.05, 3.63) is 48.0 Å². The molecule has 0 heterocycles. The van der Waals surface area contributed by atoms with Crippen LogP contribution in [-0.2, 0) is 16.0 Å². The summed E-state index contributed by atoms with van der Waals surface area (Å²) in [6.45, 7) is 0. The van der Waals surface area contributed by atoms with Crippen LogP contribution in [0.1, 0.15) is 24.8 Å². The van der Waals surface area contributed by atoms with Crippen molar-refractivity contribution < 1.29 is 27.9 Å². The second kappa shape index (κ2) is 8.00. The van der Waals surface area contributed by atoms with E-state index in [-0.39, 0.29) is 6.42 Å². The average molecular weight is 353 g/mol. The highest BCUT2D eigenvalue weighted by molar-refractivity contribution is 5.84. The second-order valence-electron chi connectivity index (χ2n) is 5.81. The lowest BCUT2D eigenvalue weighted by Crippen LogP contribution is -2.43. The van der Waals surface area contributed by atoms with Gasteiger partial charge in [0, 0.05) is 6.42 Å². The van der Waals surface area contributed by atoms with Crippen LogP contribution in [0.2, 0.25) is 0 Å². The van der Waals surface area contributed by atoms with Gasteiger partial charge in [-0.05, 0) is 29.2 Å². The molecule has 7 heteroatoms. The summed E-state index contributed by atoms with van der Waals surface area (Å²) in [5.74, 6) is -2.39. The Bertz CT molecular complexity index is 759. The molecule has 1 unspecified atom stereocenters. The van der Waals surface area contributed by atoms with Crippen LogP contribution >= 0.6 is 0 Å². The normalized spacial score (nSPS) is 12.8. The Hall–Kier alpha value is -2.57. The molecular weight excluding hydrogens is 335 g/mol. The zero-order chi connectivity index (χ0) is 18.4. The molecule has 0 radical (unpaired) electrons. The number of benzene rings is 2. The number of hydrogen-bond acceptors (Lipinski definition) is 2. The van der Waals surface area contributed by atoms with Crippen LogP contribution in [0.4, 0.5) is 13.2 Å². The van der Waals surface area contributed by atoms with Gasteiger partial charge in [0.15, 0.2) is 0 Å². The SMILES string of the molecule is O=C(CCCc1ccc2ccccc2c1)NC(CC(F)(F)F)C(=O)O. The number of carbonyl (C=O) groups is 2. The van der Waals surface area contributed by atoms with Gasteiger partial charge in [0.05, 0.1) is 6.42 Å². The van der Waals surface area contributed by atoms with Crippen LogP contribution in [0.5, 0.6) is 0 Å². The Morgan fingerprint density at radius 2 is 1.76 bits per heavy atom. The summed E-state index contributed by atoms with van der Waals surface area (Å²) < 4.78 is 36.9. The average Bonchev–Trinajstić information content (AvgIpc) is 2.53. The minimum absolute atomic E-state index is 0.0333. The van der Waals surface area contributed by atoms with E-state index >= 15 is 0 Å². The van der Waals surface area contributed by atoms with Gasteiger partial charge in [-0.1, -0.05) is 42.5 Å². The zero-order valence-electron chi connectivity index (χ0n) is 13.3. The number of aliphatic carboxylic acids is 1. The van der Waals surface area contributed by atoms with Gasteiger partial charge in [0.2, 0.25) is 5.91 Å². The van der Waals surface area contributed by atoms with Gasteiger partial charge < -0.3 is 10.4 Å². The lowest BCUT2D eigenvalue weighted by Gasteiger charge is -2.16. The number of alkyl halides is 3. The molecule has 134 valence electrons. The van der Waals surface area contributed by atoms with Crippen molar-refractivity contribution in [1.29, 1.82) is 0 Å². The predicted molar refractivity (Wildman–Crippen MR) is 87.1 cm³/mol. The quantitative estimate of drug-likeness (QED) is 0.798. The molecule has 0 fully saturated rings. The smallest absolute Gasteiger partial charge is 0.391 e. The number of amides is 1. The van der Waals surface area contributed by atoms with E-state index in [2.05, 4.69) is 0 Å². The summed E-state index contributed by atoms with van der Waals surface area (Å²) >= 11 is 0. The van der Waals surface area contributed by atoms with E-state index in [1.165, 1.54) is 0 Å². The summed E-state index contributed by atoms with van der Waals surface area (Å²) in [5, 5.41) is 12.9. The van der Waals surface area contributed by atoms with Crippen molar-refractivity contribution in [3.8, 4) is 0 Å². The number of hydrogen-bond donors (Lipinski definition) is 2. The van der Waals surface area contributed by atoms with Gasteiger partial charge >= 0.3 is 12.1 Å². The first-order valence-corrected chi connectivity index (χ1v) is 7.81. The van der Waals surface area contributed by atoms with Crippen molar-refractivity contribution in [2.45, 2.75) is 37.9 Å². The van der Waals surface area contributed by atoms with Crippen molar-refractivity contribution in [1.82, 2.24) is 5.32 Å². The highest BCUT2D eigenvalue weighted by Gasteiger charge is 2.36. The van der Waals surface area contributed by atoms with Crippen LogP contribution in [0, 0.1) is 0 Å². The Morgan fingerprint density at radius 3 is 2.40 bits per heavy atom. The molecule has 2 aromatic rings. The summed E-state index contributed by atoms with van der Waals surface area (Å²) in [4.78, 5) is 22.5. The maximum Gasteiger partial charge on any atom is 0.391 e. The zero-order valence-corrected chi connectivity index (χ0v) is 13.3. The van der Waals surface area contributed by atoms with Gasteiger partial charge in [0.25, 0.3) is 0 Å². The minimum atomic E-state index is -4.65. The van der Waals surface area contributed by atoms with Crippen molar-refractivity contribution in [2.24, 2.45) is 0 Å². The third-order valence-corrected chi connectivity index (χ3v) is 3.75. The fourth-order valence-corrected chi connectivity index (χ4v) is 2.55. The molecule has 0 saturated carbocycles. The number of rotatable bonds is 7. The van der Waals surface area contributed by atoms with Crippen molar-refractivity contribution in [3.63, 3.8) is 0 Å². The van der Waals surface area contributed by atoms with Crippen LogP contribution < -0.4 is 5.32 Å². The number of carboxylic acid groups (broad SMARTS) is 1. The first-order chi connectivity index (χ1) is 11.7. The van der Waals surface area contributed by atoms with Crippen LogP contribution in [-0.4, -0.2) is 29.2 Å². The van der Waals surface area contributed by atoms with Gasteiger partial charge in [-0.15, -0.1) is 0 Å². The highest BCUT2D eigenvalue weighted by Crippen LogP contribution is 2.22. The number of carboxylic acids is 1. The number of carbonyl (C=O) groups excluding carboxylic acids is 1. The number of fused-ring (bicyclic) bond motifs is 1. The molecule has 1 atom stereocenters.